The maximum atomic E-state index is 12.1. The lowest BCUT2D eigenvalue weighted by Gasteiger charge is -2.17. The number of anilines is 1. The van der Waals surface area contributed by atoms with Crippen LogP contribution in [0.25, 0.3) is 0 Å². The minimum atomic E-state index is -1.48. The number of phenols is 1. The minimum absolute atomic E-state index is 0.0898. The second-order valence-corrected chi connectivity index (χ2v) is 6.77. The second-order valence-electron chi connectivity index (χ2n) is 6.77. The predicted octanol–water partition coefficient (Wildman–Crippen LogP) is -1.52. The largest absolute Gasteiger partial charge is 0.508 e. The fraction of sp³-hybridized carbons (Fsp3) is 0.389. The lowest BCUT2D eigenvalue weighted by Crippen LogP contribution is -2.39. The summed E-state index contributed by atoms with van der Waals surface area (Å²) in [4.78, 5) is 27.7. The first-order valence-corrected chi connectivity index (χ1v) is 9.01. The van der Waals surface area contributed by atoms with Crippen LogP contribution in [0, 0.1) is 0 Å². The van der Waals surface area contributed by atoms with Crippen molar-refractivity contribution in [2.45, 2.75) is 37.0 Å². The van der Waals surface area contributed by atoms with Crippen molar-refractivity contribution in [3.05, 3.63) is 52.6 Å². The molecule has 0 amide bonds. The summed E-state index contributed by atoms with van der Waals surface area (Å²) < 4.78 is 11.5. The molecule has 7 N–H and O–H groups in total. The number of rotatable bonds is 7. The van der Waals surface area contributed by atoms with E-state index in [4.69, 9.17) is 20.4 Å². The van der Waals surface area contributed by atoms with Gasteiger partial charge in [0.05, 0.1) is 0 Å². The molecule has 12 heteroatoms. The number of aromatic nitrogens is 2. The second kappa shape index (κ2) is 9.19. The summed E-state index contributed by atoms with van der Waals surface area (Å²) >= 11 is 0. The van der Waals surface area contributed by atoms with Crippen LogP contribution in [0.3, 0.4) is 0 Å². The molecule has 1 aromatic heterocycles. The standard InChI is InChI=1S/C18H22N4O8/c19-11(7-9-1-3-10(23)4-2-9)17(26)29-8-12-14(24)15(25)16(30-12)22-6-5-13(21-28)20-18(22)27/h1-6,11-12,14-16,23-25,28H,7-8,19H2,(H,20,21,27)/t11-,12-,14-,15-,16-/m1/s1. The van der Waals surface area contributed by atoms with Gasteiger partial charge in [0.25, 0.3) is 0 Å². The van der Waals surface area contributed by atoms with Crippen LogP contribution in [0.15, 0.2) is 41.3 Å². The minimum Gasteiger partial charge on any atom is -0.508 e. The third-order valence-corrected chi connectivity index (χ3v) is 4.64. The summed E-state index contributed by atoms with van der Waals surface area (Å²) in [6.07, 6.45) is -3.88. The average Bonchev–Trinajstić information content (AvgIpc) is 3.01. The van der Waals surface area contributed by atoms with Crippen LogP contribution in [0.2, 0.25) is 0 Å². The maximum Gasteiger partial charge on any atom is 0.351 e. The van der Waals surface area contributed by atoms with Gasteiger partial charge < -0.3 is 30.5 Å². The monoisotopic (exact) mass is 422 g/mol. The first-order valence-electron chi connectivity index (χ1n) is 9.01. The highest BCUT2D eigenvalue weighted by Gasteiger charge is 2.44. The Balaban J connectivity index is 1.58. The Morgan fingerprint density at radius 2 is 1.97 bits per heavy atom. The van der Waals surface area contributed by atoms with E-state index in [0.717, 1.165) is 10.1 Å². The van der Waals surface area contributed by atoms with E-state index < -0.39 is 48.8 Å². The molecule has 1 aromatic carbocycles. The number of aliphatic hydroxyl groups is 2. The number of phenolic OH excluding ortho intramolecular Hbond substituents is 1. The number of aliphatic hydroxyl groups excluding tert-OH is 2. The molecule has 5 atom stereocenters. The van der Waals surface area contributed by atoms with Gasteiger partial charge in [-0.05, 0) is 30.2 Å². The Morgan fingerprint density at radius 1 is 1.27 bits per heavy atom. The van der Waals surface area contributed by atoms with E-state index in [9.17, 15) is 24.9 Å². The number of aromatic hydroxyl groups is 1. The maximum absolute atomic E-state index is 12.1. The highest BCUT2D eigenvalue weighted by Crippen LogP contribution is 2.28. The molecule has 1 aliphatic heterocycles. The van der Waals surface area contributed by atoms with Gasteiger partial charge in [0.1, 0.15) is 36.7 Å². The van der Waals surface area contributed by atoms with Gasteiger partial charge in [-0.3, -0.25) is 20.0 Å². The zero-order valence-corrected chi connectivity index (χ0v) is 15.7. The molecule has 0 aliphatic carbocycles. The molecule has 1 aliphatic rings. The summed E-state index contributed by atoms with van der Waals surface area (Å²) in [6.45, 7) is -0.394. The van der Waals surface area contributed by atoms with E-state index in [0.29, 0.717) is 0 Å². The number of benzene rings is 1. The van der Waals surface area contributed by atoms with Crippen molar-refractivity contribution in [3.63, 3.8) is 0 Å². The third kappa shape index (κ3) is 4.75. The Kier molecular flexibility index (Phi) is 6.64. The van der Waals surface area contributed by atoms with Crippen molar-refractivity contribution in [1.29, 1.82) is 0 Å². The van der Waals surface area contributed by atoms with Gasteiger partial charge in [-0.1, -0.05) is 12.1 Å². The molecule has 2 aromatic rings. The molecule has 12 nitrogen and oxygen atoms in total. The molecule has 2 heterocycles. The number of nitrogens with two attached hydrogens (primary N) is 1. The average molecular weight is 422 g/mol. The number of hydrogen-bond donors (Lipinski definition) is 6. The van der Waals surface area contributed by atoms with E-state index in [-0.39, 0.29) is 18.0 Å². The number of nitrogens with one attached hydrogen (secondary N) is 1. The Bertz CT molecular complexity index is 935. The van der Waals surface area contributed by atoms with Crippen molar-refractivity contribution in [1.82, 2.24) is 9.55 Å². The summed E-state index contributed by atoms with van der Waals surface area (Å²) in [7, 11) is 0. The first-order chi connectivity index (χ1) is 14.3. The van der Waals surface area contributed by atoms with Crippen LogP contribution in [-0.2, 0) is 20.7 Å². The SMILES string of the molecule is N[C@H](Cc1ccc(O)cc1)C(=O)OC[C@H]1O[C@@H](n2ccc(NO)nc2=O)[C@H](O)[C@@H]1O. The summed E-state index contributed by atoms with van der Waals surface area (Å²) in [5.41, 5.74) is 7.43. The molecule has 0 unspecified atom stereocenters. The van der Waals surface area contributed by atoms with Gasteiger partial charge in [-0.2, -0.15) is 4.98 Å². The van der Waals surface area contributed by atoms with Crippen LogP contribution in [-0.4, -0.2) is 67.0 Å². The summed E-state index contributed by atoms with van der Waals surface area (Å²) in [5.74, 6) is -0.752. The summed E-state index contributed by atoms with van der Waals surface area (Å²) in [5, 5.41) is 38.4. The first kappa shape index (κ1) is 21.7. The predicted molar refractivity (Wildman–Crippen MR) is 101 cm³/mol. The lowest BCUT2D eigenvalue weighted by molar-refractivity contribution is -0.151. The van der Waals surface area contributed by atoms with E-state index in [2.05, 4.69) is 4.98 Å². The van der Waals surface area contributed by atoms with Crippen molar-refractivity contribution in [2.24, 2.45) is 5.73 Å². The van der Waals surface area contributed by atoms with Gasteiger partial charge in [0, 0.05) is 6.20 Å². The van der Waals surface area contributed by atoms with E-state index in [1.165, 1.54) is 24.4 Å². The van der Waals surface area contributed by atoms with Crippen molar-refractivity contribution in [2.75, 3.05) is 12.1 Å². The quantitative estimate of drug-likeness (QED) is 0.224. The van der Waals surface area contributed by atoms with Crippen molar-refractivity contribution < 1.29 is 34.8 Å². The third-order valence-electron chi connectivity index (χ3n) is 4.64. The number of ether oxygens (including phenoxy) is 2. The Labute approximate surface area is 170 Å². The van der Waals surface area contributed by atoms with Gasteiger partial charge in [0.15, 0.2) is 12.0 Å². The van der Waals surface area contributed by atoms with Crippen LogP contribution < -0.4 is 16.9 Å². The van der Waals surface area contributed by atoms with Crippen molar-refractivity contribution >= 4 is 11.8 Å². The van der Waals surface area contributed by atoms with Crippen LogP contribution in [0.1, 0.15) is 11.8 Å². The van der Waals surface area contributed by atoms with E-state index in [1.54, 1.807) is 17.6 Å². The summed E-state index contributed by atoms with van der Waals surface area (Å²) in [6, 6.07) is 6.46. The Morgan fingerprint density at radius 3 is 2.60 bits per heavy atom. The molecule has 3 rings (SSSR count). The normalized spacial score (nSPS) is 24.4. The number of carbonyl (C=O) groups excluding carboxylic acids is 1. The van der Waals surface area contributed by atoms with Crippen LogP contribution in [0.5, 0.6) is 5.75 Å². The van der Waals surface area contributed by atoms with Gasteiger partial charge >= 0.3 is 11.7 Å². The molecule has 1 saturated heterocycles. The lowest BCUT2D eigenvalue weighted by atomic mass is 10.1. The molecule has 0 spiro atoms. The number of nitrogens with zero attached hydrogens (tertiary/aromatic N) is 2. The molecule has 30 heavy (non-hydrogen) atoms. The number of hydrogen-bond acceptors (Lipinski definition) is 11. The van der Waals surface area contributed by atoms with Crippen LogP contribution >= 0.6 is 0 Å². The molecular formula is C18H22N4O8. The molecule has 0 saturated carbocycles. The smallest absolute Gasteiger partial charge is 0.351 e. The van der Waals surface area contributed by atoms with Gasteiger partial charge in [-0.25, -0.2) is 4.79 Å². The molecule has 0 bridgehead atoms. The fourth-order valence-electron chi connectivity index (χ4n) is 3.01. The highest BCUT2D eigenvalue weighted by atomic mass is 16.6. The zero-order valence-electron chi connectivity index (χ0n) is 15.7. The number of carbonyl (C=O) groups is 1. The van der Waals surface area contributed by atoms with Gasteiger partial charge in [-0.15, -0.1) is 0 Å². The highest BCUT2D eigenvalue weighted by molar-refractivity contribution is 5.75. The molecule has 162 valence electrons. The van der Waals surface area contributed by atoms with Gasteiger partial charge in [0.2, 0.25) is 0 Å². The number of esters is 1. The molecular weight excluding hydrogens is 400 g/mol. The molecule has 1 fully saturated rings. The van der Waals surface area contributed by atoms with Crippen molar-refractivity contribution in [3.8, 4) is 5.75 Å². The molecule has 0 radical (unpaired) electrons. The van der Waals surface area contributed by atoms with E-state index >= 15 is 0 Å². The Hall–Kier alpha value is -3.03. The zero-order chi connectivity index (χ0) is 21.8. The van der Waals surface area contributed by atoms with E-state index in [1.807, 2.05) is 0 Å². The topological polar surface area (TPSA) is 189 Å². The van der Waals surface area contributed by atoms with Crippen LogP contribution in [0.4, 0.5) is 5.82 Å². The fourth-order valence-corrected chi connectivity index (χ4v) is 3.01.